The minimum Gasteiger partial charge on any atom is -0.467 e. The fraction of sp³-hybridized carbons (Fsp3) is 0.471. The highest BCUT2D eigenvalue weighted by atomic mass is 16.3. The Kier molecular flexibility index (Phi) is 4.42. The lowest BCUT2D eigenvalue weighted by atomic mass is 9.97. The molecule has 0 saturated heterocycles. The van der Waals surface area contributed by atoms with Gasteiger partial charge in [-0.15, -0.1) is 0 Å². The quantitative estimate of drug-likeness (QED) is 0.877. The zero-order valence-electron chi connectivity index (χ0n) is 14.5. The van der Waals surface area contributed by atoms with Crippen LogP contribution in [0.5, 0.6) is 0 Å². The number of fused-ring (bicyclic) bond motifs is 1. The summed E-state index contributed by atoms with van der Waals surface area (Å²) in [6.07, 6.45) is 2.56. The van der Waals surface area contributed by atoms with E-state index in [2.05, 4.69) is 34.4 Å². The number of nitrogens with one attached hydrogen (secondary N) is 2. The summed E-state index contributed by atoms with van der Waals surface area (Å²) in [5, 5.41) is 6.26. The number of nitrogens with zero attached hydrogens (tertiary/aromatic N) is 3. The first-order valence-corrected chi connectivity index (χ1v) is 8.19. The van der Waals surface area contributed by atoms with Gasteiger partial charge in [-0.25, -0.2) is 9.97 Å². The van der Waals surface area contributed by atoms with Gasteiger partial charge >= 0.3 is 0 Å². The lowest BCUT2D eigenvalue weighted by Crippen LogP contribution is -2.44. The van der Waals surface area contributed by atoms with Crippen LogP contribution in [0.25, 0.3) is 0 Å². The number of aryl methyl sites for hydroxylation is 1. The van der Waals surface area contributed by atoms with Gasteiger partial charge in [0.1, 0.15) is 23.3 Å². The maximum atomic E-state index is 12.5. The van der Waals surface area contributed by atoms with Crippen molar-refractivity contribution in [1.82, 2.24) is 9.97 Å². The Hall–Kier alpha value is -2.57. The maximum Gasteiger partial charge on any atom is 0.247 e. The highest BCUT2D eigenvalue weighted by Crippen LogP contribution is 2.35. The van der Waals surface area contributed by atoms with Crippen LogP contribution in [0.4, 0.5) is 17.3 Å². The Bertz CT molecular complexity index is 729. The maximum absolute atomic E-state index is 12.5. The second-order valence-corrected chi connectivity index (χ2v) is 6.25. The molecule has 0 aromatic carbocycles. The number of hydrogen-bond acceptors (Lipinski definition) is 6. The van der Waals surface area contributed by atoms with Crippen LogP contribution in [-0.2, 0) is 11.3 Å². The van der Waals surface area contributed by atoms with Crippen LogP contribution in [0, 0.1) is 12.8 Å². The third-order valence-electron chi connectivity index (χ3n) is 4.37. The lowest BCUT2D eigenvalue weighted by molar-refractivity contribution is -0.118. The summed E-state index contributed by atoms with van der Waals surface area (Å²) in [7, 11) is 1.91. The Morgan fingerprint density at radius 3 is 2.88 bits per heavy atom. The number of amides is 1. The Labute approximate surface area is 141 Å². The number of anilines is 3. The van der Waals surface area contributed by atoms with Crippen molar-refractivity contribution in [2.24, 2.45) is 5.92 Å². The van der Waals surface area contributed by atoms with Crippen molar-refractivity contribution in [3.05, 3.63) is 30.0 Å². The molecule has 2 aromatic rings. The van der Waals surface area contributed by atoms with Crippen LogP contribution in [-0.4, -0.2) is 29.0 Å². The van der Waals surface area contributed by atoms with E-state index in [0.717, 1.165) is 12.2 Å². The number of hydrogen-bond donors (Lipinski definition) is 2. The van der Waals surface area contributed by atoms with Gasteiger partial charge in [-0.05, 0) is 25.0 Å². The second-order valence-electron chi connectivity index (χ2n) is 6.25. The molecule has 2 atom stereocenters. The van der Waals surface area contributed by atoms with Gasteiger partial charge in [0.05, 0.1) is 12.8 Å². The van der Waals surface area contributed by atoms with Gasteiger partial charge < -0.3 is 20.0 Å². The van der Waals surface area contributed by atoms with E-state index in [9.17, 15) is 4.79 Å². The van der Waals surface area contributed by atoms with Crippen molar-refractivity contribution in [2.45, 2.75) is 39.8 Å². The van der Waals surface area contributed by atoms with E-state index >= 15 is 0 Å². The molecular formula is C17H23N5O2. The Balaban J connectivity index is 1.93. The molecule has 2 unspecified atom stereocenters. The molecule has 0 aliphatic carbocycles. The number of aromatic nitrogens is 2. The molecule has 2 aromatic heterocycles. The highest BCUT2D eigenvalue weighted by Gasteiger charge is 2.32. The van der Waals surface area contributed by atoms with Crippen LogP contribution in [0.2, 0.25) is 0 Å². The van der Waals surface area contributed by atoms with Crippen LogP contribution >= 0.6 is 0 Å². The summed E-state index contributed by atoms with van der Waals surface area (Å²) in [4.78, 5) is 23.4. The fourth-order valence-corrected chi connectivity index (χ4v) is 2.81. The normalized spacial score (nSPS) is 17.7. The molecule has 7 nitrogen and oxygen atoms in total. The van der Waals surface area contributed by atoms with Crippen molar-refractivity contribution in [3.8, 4) is 0 Å². The molecule has 0 saturated carbocycles. The molecule has 3 rings (SSSR count). The van der Waals surface area contributed by atoms with E-state index in [4.69, 9.17) is 4.42 Å². The number of rotatable bonds is 5. The second kappa shape index (κ2) is 6.51. The first kappa shape index (κ1) is 16.3. The van der Waals surface area contributed by atoms with E-state index in [1.165, 1.54) is 0 Å². The first-order chi connectivity index (χ1) is 11.5. The Morgan fingerprint density at radius 1 is 1.42 bits per heavy atom. The summed E-state index contributed by atoms with van der Waals surface area (Å²) >= 11 is 0. The summed E-state index contributed by atoms with van der Waals surface area (Å²) in [5.74, 6) is 3.01. The predicted molar refractivity (Wildman–Crippen MR) is 93.1 cm³/mol. The third kappa shape index (κ3) is 3.06. The van der Waals surface area contributed by atoms with E-state index in [-0.39, 0.29) is 17.9 Å². The summed E-state index contributed by atoms with van der Waals surface area (Å²) in [6, 6.07) is 3.48. The van der Waals surface area contributed by atoms with Crippen molar-refractivity contribution >= 4 is 23.2 Å². The molecule has 128 valence electrons. The van der Waals surface area contributed by atoms with E-state index in [1.807, 2.05) is 31.0 Å². The van der Waals surface area contributed by atoms with Crippen molar-refractivity contribution in [1.29, 1.82) is 0 Å². The standard InChI is InChI=1S/C17H23N5O2/c1-5-10(2)13-17(23)21-14-15(20-13)18-11(3)19-16(14)22(4)9-12-7-6-8-24-12/h6-8,10,13H,5,9H2,1-4H3,(H,21,23)(H,18,19,20). The van der Waals surface area contributed by atoms with Gasteiger partial charge in [0.15, 0.2) is 11.6 Å². The van der Waals surface area contributed by atoms with Gasteiger partial charge in [-0.1, -0.05) is 20.3 Å². The zero-order chi connectivity index (χ0) is 17.3. The molecule has 7 heteroatoms. The van der Waals surface area contributed by atoms with Crippen molar-refractivity contribution in [2.75, 3.05) is 22.6 Å². The average molecular weight is 329 g/mol. The molecule has 3 heterocycles. The lowest BCUT2D eigenvalue weighted by Gasteiger charge is -2.32. The minimum atomic E-state index is -0.278. The van der Waals surface area contributed by atoms with Gasteiger partial charge in [-0.2, -0.15) is 0 Å². The largest absolute Gasteiger partial charge is 0.467 e. The predicted octanol–water partition coefficient (Wildman–Crippen LogP) is 2.79. The smallest absolute Gasteiger partial charge is 0.247 e. The number of carbonyl (C=O) groups excluding carboxylic acids is 1. The highest BCUT2D eigenvalue weighted by molar-refractivity contribution is 6.05. The Morgan fingerprint density at radius 2 is 2.21 bits per heavy atom. The summed E-state index contributed by atoms with van der Waals surface area (Å²) in [6.45, 7) is 6.53. The number of carbonyl (C=O) groups is 1. The van der Waals surface area contributed by atoms with Crippen LogP contribution in [0.3, 0.4) is 0 Å². The molecule has 0 fully saturated rings. The topological polar surface area (TPSA) is 83.3 Å². The van der Waals surface area contributed by atoms with E-state index in [0.29, 0.717) is 29.7 Å². The molecule has 1 aliphatic rings. The van der Waals surface area contributed by atoms with Crippen LogP contribution < -0.4 is 15.5 Å². The molecule has 24 heavy (non-hydrogen) atoms. The van der Waals surface area contributed by atoms with Crippen LogP contribution in [0.15, 0.2) is 22.8 Å². The minimum absolute atomic E-state index is 0.0445. The van der Waals surface area contributed by atoms with Gasteiger partial charge in [-0.3, -0.25) is 4.79 Å². The van der Waals surface area contributed by atoms with E-state index in [1.54, 1.807) is 6.26 Å². The van der Waals surface area contributed by atoms with Gasteiger partial charge in [0.25, 0.3) is 0 Å². The molecular weight excluding hydrogens is 306 g/mol. The molecule has 0 radical (unpaired) electrons. The summed E-state index contributed by atoms with van der Waals surface area (Å²) in [5.41, 5.74) is 0.624. The van der Waals surface area contributed by atoms with Crippen molar-refractivity contribution < 1.29 is 9.21 Å². The fourth-order valence-electron chi connectivity index (χ4n) is 2.81. The average Bonchev–Trinajstić information content (AvgIpc) is 3.06. The zero-order valence-corrected chi connectivity index (χ0v) is 14.5. The summed E-state index contributed by atoms with van der Waals surface area (Å²) < 4.78 is 5.40. The molecule has 0 bridgehead atoms. The molecule has 1 amide bonds. The number of furan rings is 1. The van der Waals surface area contributed by atoms with Crippen molar-refractivity contribution in [3.63, 3.8) is 0 Å². The monoisotopic (exact) mass is 329 g/mol. The van der Waals surface area contributed by atoms with Gasteiger partial charge in [0.2, 0.25) is 5.91 Å². The third-order valence-corrected chi connectivity index (χ3v) is 4.37. The van der Waals surface area contributed by atoms with Gasteiger partial charge in [0, 0.05) is 7.05 Å². The molecule has 1 aliphatic heterocycles. The van der Waals surface area contributed by atoms with Crippen LogP contribution in [0.1, 0.15) is 31.9 Å². The molecule has 0 spiro atoms. The molecule has 2 N–H and O–H groups in total. The SMILES string of the molecule is CCC(C)C1Nc2nc(C)nc(N(C)Cc3ccco3)c2NC1=O. The van der Waals surface area contributed by atoms with E-state index < -0.39 is 0 Å². The first-order valence-electron chi connectivity index (χ1n) is 8.19.